The number of rotatable bonds is 3. The minimum Gasteiger partial charge on any atom is -0.486 e. The molecule has 0 saturated carbocycles. The Labute approximate surface area is 166 Å². The van der Waals surface area contributed by atoms with Gasteiger partial charge in [0.1, 0.15) is 13.2 Å². The van der Waals surface area contributed by atoms with Crippen LogP contribution in [0.4, 0.5) is 0 Å². The number of carboxylic acids is 1. The van der Waals surface area contributed by atoms with Gasteiger partial charge in [0.05, 0.1) is 11.4 Å². The van der Waals surface area contributed by atoms with E-state index in [1.54, 1.807) is 16.4 Å². The van der Waals surface area contributed by atoms with Crippen molar-refractivity contribution in [2.24, 2.45) is 0 Å². The number of hydrogen-bond donors (Lipinski definition) is 1. The van der Waals surface area contributed by atoms with Gasteiger partial charge < -0.3 is 14.6 Å². The minimum absolute atomic E-state index is 0.0435. The van der Waals surface area contributed by atoms with Gasteiger partial charge in [0.15, 0.2) is 17.2 Å². The number of carbonyl (C=O) groups is 1. The zero-order chi connectivity index (χ0) is 19.3. The van der Waals surface area contributed by atoms with Gasteiger partial charge in [-0.05, 0) is 24.6 Å². The third-order valence-corrected chi connectivity index (χ3v) is 6.46. The first kappa shape index (κ1) is 17.2. The largest absolute Gasteiger partial charge is 0.486 e. The molecule has 3 aromatic rings. The van der Waals surface area contributed by atoms with E-state index in [9.17, 15) is 9.90 Å². The summed E-state index contributed by atoms with van der Waals surface area (Å²) >= 11 is 1.70. The molecule has 5 rings (SSSR count). The molecule has 2 aliphatic rings. The molecule has 2 aromatic carbocycles. The summed E-state index contributed by atoms with van der Waals surface area (Å²) in [7, 11) is 0. The lowest BCUT2D eigenvalue weighted by Gasteiger charge is -2.25. The van der Waals surface area contributed by atoms with Crippen LogP contribution in [0.3, 0.4) is 0 Å². The highest BCUT2D eigenvalue weighted by molar-refractivity contribution is 7.99. The standard InChI is InChI=1S/C21H18N2O4S/c1-2-16-18-19(21(24)25)22-23(20(18)13-5-3-4-6-17(13)28-16)12-7-8-14-15(11-12)27-10-9-26-14/h3-8,11,16H,2,9-10H2,1H3,(H,24,25). The zero-order valence-electron chi connectivity index (χ0n) is 15.2. The molecule has 1 aromatic heterocycles. The Morgan fingerprint density at radius 1 is 1.21 bits per heavy atom. The Morgan fingerprint density at radius 2 is 2.00 bits per heavy atom. The van der Waals surface area contributed by atoms with Gasteiger partial charge in [-0.15, -0.1) is 11.8 Å². The van der Waals surface area contributed by atoms with Gasteiger partial charge in [0, 0.05) is 27.3 Å². The highest BCUT2D eigenvalue weighted by Gasteiger charge is 2.34. The van der Waals surface area contributed by atoms with Crippen LogP contribution in [0.5, 0.6) is 11.5 Å². The normalized spacial score (nSPS) is 17.0. The molecule has 142 valence electrons. The lowest BCUT2D eigenvalue weighted by atomic mass is 10.00. The Balaban J connectivity index is 1.78. The monoisotopic (exact) mass is 394 g/mol. The zero-order valence-corrected chi connectivity index (χ0v) is 16.0. The average molecular weight is 394 g/mol. The summed E-state index contributed by atoms with van der Waals surface area (Å²) in [5.74, 6) is 0.332. The van der Waals surface area contributed by atoms with Gasteiger partial charge in [0.2, 0.25) is 0 Å². The predicted octanol–water partition coefficient (Wildman–Crippen LogP) is 4.57. The maximum Gasteiger partial charge on any atom is 0.356 e. The van der Waals surface area contributed by atoms with Crippen molar-refractivity contribution in [3.63, 3.8) is 0 Å². The number of nitrogens with zero attached hydrogens (tertiary/aromatic N) is 2. The Bertz CT molecular complexity index is 1090. The summed E-state index contributed by atoms with van der Waals surface area (Å²) in [6, 6.07) is 13.7. The van der Waals surface area contributed by atoms with Crippen LogP contribution in [-0.2, 0) is 0 Å². The summed E-state index contributed by atoms with van der Waals surface area (Å²) in [4.78, 5) is 13.1. The molecule has 0 amide bonds. The molecular formula is C21H18N2O4S. The number of carboxylic acid groups (broad SMARTS) is 1. The van der Waals surface area contributed by atoms with Gasteiger partial charge in [-0.2, -0.15) is 5.10 Å². The third kappa shape index (κ3) is 2.57. The second-order valence-electron chi connectivity index (χ2n) is 6.67. The molecule has 0 bridgehead atoms. The number of benzene rings is 2. The highest BCUT2D eigenvalue weighted by Crippen LogP contribution is 2.52. The van der Waals surface area contributed by atoms with Gasteiger partial charge >= 0.3 is 5.97 Å². The Morgan fingerprint density at radius 3 is 2.79 bits per heavy atom. The topological polar surface area (TPSA) is 73.6 Å². The highest BCUT2D eigenvalue weighted by atomic mass is 32.2. The summed E-state index contributed by atoms with van der Waals surface area (Å²) < 4.78 is 13.1. The van der Waals surface area contributed by atoms with Crippen molar-refractivity contribution in [3.05, 3.63) is 53.7 Å². The lowest BCUT2D eigenvalue weighted by Crippen LogP contribution is -2.15. The van der Waals surface area contributed by atoms with Crippen molar-refractivity contribution in [1.82, 2.24) is 9.78 Å². The van der Waals surface area contributed by atoms with E-state index in [1.807, 2.05) is 36.4 Å². The van der Waals surface area contributed by atoms with Crippen LogP contribution >= 0.6 is 11.8 Å². The summed E-state index contributed by atoms with van der Waals surface area (Å²) in [5, 5.41) is 14.4. The first-order chi connectivity index (χ1) is 13.7. The minimum atomic E-state index is -1.01. The molecule has 0 radical (unpaired) electrons. The quantitative estimate of drug-likeness (QED) is 0.702. The number of aromatic nitrogens is 2. The molecule has 1 N–H and O–H groups in total. The van der Waals surface area contributed by atoms with Crippen molar-refractivity contribution in [2.75, 3.05) is 13.2 Å². The van der Waals surface area contributed by atoms with E-state index in [-0.39, 0.29) is 10.9 Å². The van der Waals surface area contributed by atoms with Crippen molar-refractivity contribution in [2.45, 2.75) is 23.5 Å². The van der Waals surface area contributed by atoms with Gasteiger partial charge in [-0.1, -0.05) is 25.1 Å². The molecule has 2 aliphatic heterocycles. The predicted molar refractivity (Wildman–Crippen MR) is 106 cm³/mol. The fourth-order valence-electron chi connectivity index (χ4n) is 3.77. The van der Waals surface area contributed by atoms with E-state index in [2.05, 4.69) is 18.1 Å². The number of aromatic carboxylic acids is 1. The van der Waals surface area contributed by atoms with Crippen LogP contribution in [0, 0.1) is 0 Å². The van der Waals surface area contributed by atoms with E-state index < -0.39 is 5.97 Å². The van der Waals surface area contributed by atoms with E-state index in [1.165, 1.54) is 0 Å². The van der Waals surface area contributed by atoms with Gasteiger partial charge in [-0.3, -0.25) is 0 Å². The molecular weight excluding hydrogens is 376 g/mol. The fourth-order valence-corrected chi connectivity index (χ4v) is 5.03. The lowest BCUT2D eigenvalue weighted by molar-refractivity contribution is 0.0688. The number of ether oxygens (including phenoxy) is 2. The van der Waals surface area contributed by atoms with Gasteiger partial charge in [0.25, 0.3) is 0 Å². The second kappa shape index (κ2) is 6.60. The van der Waals surface area contributed by atoms with Crippen LogP contribution in [-0.4, -0.2) is 34.1 Å². The summed E-state index contributed by atoms with van der Waals surface area (Å²) in [5.41, 5.74) is 3.49. The first-order valence-corrected chi connectivity index (χ1v) is 10.1. The molecule has 3 heterocycles. The molecule has 0 fully saturated rings. The summed E-state index contributed by atoms with van der Waals surface area (Å²) in [6.45, 7) is 3.09. The van der Waals surface area contributed by atoms with Crippen LogP contribution in [0.2, 0.25) is 0 Å². The maximum absolute atomic E-state index is 12.0. The Kier molecular flexibility index (Phi) is 4.05. The molecule has 7 heteroatoms. The van der Waals surface area contributed by atoms with E-state index >= 15 is 0 Å². The molecule has 0 saturated heterocycles. The van der Waals surface area contributed by atoms with Crippen molar-refractivity contribution in [3.8, 4) is 28.4 Å². The Hall–Kier alpha value is -2.93. The number of hydrogen-bond acceptors (Lipinski definition) is 5. The SMILES string of the molecule is CCC1Sc2ccccc2-c2c1c(C(=O)O)nn2-c1ccc2c(c1)OCCO2. The van der Waals surface area contributed by atoms with Crippen LogP contribution in [0.15, 0.2) is 47.4 Å². The van der Waals surface area contributed by atoms with Crippen LogP contribution in [0.25, 0.3) is 16.9 Å². The summed E-state index contributed by atoms with van der Waals surface area (Å²) in [6.07, 6.45) is 0.819. The van der Waals surface area contributed by atoms with Crippen molar-refractivity contribution >= 4 is 17.7 Å². The molecule has 0 aliphatic carbocycles. The molecule has 28 heavy (non-hydrogen) atoms. The number of fused-ring (bicyclic) bond motifs is 4. The van der Waals surface area contributed by atoms with Crippen LogP contribution in [0.1, 0.15) is 34.6 Å². The van der Waals surface area contributed by atoms with Crippen molar-refractivity contribution < 1.29 is 19.4 Å². The van der Waals surface area contributed by atoms with E-state index in [4.69, 9.17) is 9.47 Å². The smallest absolute Gasteiger partial charge is 0.356 e. The van der Waals surface area contributed by atoms with Crippen LogP contribution < -0.4 is 9.47 Å². The third-order valence-electron chi connectivity index (χ3n) is 5.00. The molecule has 0 spiro atoms. The maximum atomic E-state index is 12.0. The fraction of sp³-hybridized carbons (Fsp3) is 0.238. The molecule has 6 nitrogen and oxygen atoms in total. The number of thioether (sulfide) groups is 1. The van der Waals surface area contributed by atoms with Gasteiger partial charge in [-0.25, -0.2) is 9.48 Å². The van der Waals surface area contributed by atoms with E-state index in [0.29, 0.717) is 24.7 Å². The van der Waals surface area contributed by atoms with E-state index in [0.717, 1.165) is 33.8 Å². The first-order valence-electron chi connectivity index (χ1n) is 9.19. The van der Waals surface area contributed by atoms with Crippen molar-refractivity contribution in [1.29, 1.82) is 0 Å². The second-order valence-corrected chi connectivity index (χ2v) is 7.91. The molecule has 1 unspecified atom stereocenters. The molecule has 1 atom stereocenters. The average Bonchev–Trinajstić information content (AvgIpc) is 3.14.